The molecule has 0 saturated carbocycles. The van der Waals surface area contributed by atoms with Gasteiger partial charge in [0.05, 0.1) is 18.8 Å². The minimum Gasteiger partial charge on any atom is -0.477 e. The van der Waals surface area contributed by atoms with Gasteiger partial charge in [-0.05, 0) is 23.6 Å². The van der Waals surface area contributed by atoms with E-state index in [9.17, 15) is 9.59 Å². The lowest BCUT2D eigenvalue weighted by atomic mass is 10.1. The van der Waals surface area contributed by atoms with E-state index >= 15 is 0 Å². The number of nitrogens with zero attached hydrogens (tertiary/aromatic N) is 1. The second-order valence-electron chi connectivity index (χ2n) is 6.64. The van der Waals surface area contributed by atoms with Crippen LogP contribution < -0.4 is 20.3 Å². The van der Waals surface area contributed by atoms with Crippen LogP contribution in [0.5, 0.6) is 5.75 Å². The van der Waals surface area contributed by atoms with Gasteiger partial charge in [0, 0.05) is 18.1 Å². The third kappa shape index (κ3) is 3.49. The van der Waals surface area contributed by atoms with E-state index < -0.39 is 6.10 Å². The van der Waals surface area contributed by atoms with Crippen LogP contribution in [0, 0.1) is 0 Å². The van der Waals surface area contributed by atoms with Crippen molar-refractivity contribution in [2.45, 2.75) is 6.10 Å². The lowest BCUT2D eigenvalue weighted by Gasteiger charge is -2.35. The number of amides is 2. The van der Waals surface area contributed by atoms with Crippen LogP contribution in [0.2, 0.25) is 0 Å². The molecule has 0 fully saturated rings. The van der Waals surface area contributed by atoms with Gasteiger partial charge in [0.1, 0.15) is 5.75 Å². The Hall–Kier alpha value is -3.54. The smallest absolute Gasteiger partial charge is 0.262 e. The minimum absolute atomic E-state index is 0.122. The van der Waals surface area contributed by atoms with Gasteiger partial charge in [-0.25, -0.2) is 0 Å². The number of rotatable bonds is 4. The number of likely N-dealkylation sites (N-methyl/N-ethyl adjacent to an activating group) is 1. The topological polar surface area (TPSA) is 70.7 Å². The summed E-state index contributed by atoms with van der Waals surface area (Å²) < 4.78 is 5.79. The maximum atomic E-state index is 12.8. The van der Waals surface area contributed by atoms with Crippen LogP contribution >= 0.6 is 0 Å². The van der Waals surface area contributed by atoms with Gasteiger partial charge >= 0.3 is 0 Å². The summed E-state index contributed by atoms with van der Waals surface area (Å²) in [5, 5.41) is 7.66. The SMILES string of the molecule is CNC(=O)[C@H]1CN(CC(=O)Nc2cccc3ccccc23)c2ccccc2O1. The zero-order chi connectivity index (χ0) is 19.5. The van der Waals surface area contributed by atoms with Gasteiger partial charge < -0.3 is 20.3 Å². The van der Waals surface area contributed by atoms with Gasteiger partial charge in [0.15, 0.2) is 6.10 Å². The number of carbonyl (C=O) groups is 2. The molecule has 28 heavy (non-hydrogen) atoms. The van der Waals surface area contributed by atoms with E-state index in [2.05, 4.69) is 10.6 Å². The second-order valence-corrected chi connectivity index (χ2v) is 6.64. The van der Waals surface area contributed by atoms with Crippen molar-refractivity contribution in [3.05, 3.63) is 66.7 Å². The van der Waals surface area contributed by atoms with E-state index in [4.69, 9.17) is 4.74 Å². The third-order valence-corrected chi connectivity index (χ3v) is 4.80. The largest absolute Gasteiger partial charge is 0.477 e. The Morgan fingerprint density at radius 2 is 1.79 bits per heavy atom. The lowest BCUT2D eigenvalue weighted by molar-refractivity contribution is -0.127. The number of benzene rings is 3. The molecule has 0 radical (unpaired) electrons. The van der Waals surface area contributed by atoms with Crippen LogP contribution in [0.1, 0.15) is 0 Å². The number of hydrogen-bond acceptors (Lipinski definition) is 4. The van der Waals surface area contributed by atoms with Crippen molar-refractivity contribution < 1.29 is 14.3 Å². The molecule has 0 spiro atoms. The fraction of sp³-hybridized carbons (Fsp3) is 0.182. The first-order chi connectivity index (χ1) is 13.7. The summed E-state index contributed by atoms with van der Waals surface area (Å²) in [5.74, 6) is 0.234. The maximum absolute atomic E-state index is 12.8. The molecule has 3 aromatic carbocycles. The van der Waals surface area contributed by atoms with Crippen molar-refractivity contribution in [3.8, 4) is 5.75 Å². The summed E-state index contributed by atoms with van der Waals surface area (Å²) in [6.45, 7) is 0.427. The summed E-state index contributed by atoms with van der Waals surface area (Å²) in [6, 6.07) is 21.2. The Balaban J connectivity index is 1.55. The normalized spacial score (nSPS) is 15.5. The van der Waals surface area contributed by atoms with Crippen LogP contribution in [0.4, 0.5) is 11.4 Å². The fourth-order valence-electron chi connectivity index (χ4n) is 3.45. The van der Waals surface area contributed by atoms with Gasteiger partial charge in [-0.15, -0.1) is 0 Å². The zero-order valence-corrected chi connectivity index (χ0v) is 15.5. The van der Waals surface area contributed by atoms with E-state index in [1.165, 1.54) is 0 Å². The summed E-state index contributed by atoms with van der Waals surface area (Å²) in [7, 11) is 1.57. The van der Waals surface area contributed by atoms with Gasteiger partial charge in [-0.2, -0.15) is 0 Å². The first-order valence-corrected chi connectivity index (χ1v) is 9.15. The number of fused-ring (bicyclic) bond motifs is 2. The van der Waals surface area contributed by atoms with Gasteiger partial charge in [0.2, 0.25) is 5.91 Å². The molecular weight excluding hydrogens is 354 g/mol. The molecule has 1 heterocycles. The molecule has 1 aliphatic rings. The molecular formula is C22H21N3O3. The standard InChI is InChI=1S/C22H21N3O3/c1-23-22(27)20-13-25(18-11-4-5-12-19(18)28-20)14-21(26)24-17-10-6-8-15-7-2-3-9-16(15)17/h2-12,20H,13-14H2,1H3,(H,23,27)(H,24,26)/t20-/m1/s1. The first kappa shape index (κ1) is 17.9. The van der Waals surface area contributed by atoms with E-state index in [1.54, 1.807) is 13.1 Å². The monoisotopic (exact) mass is 375 g/mol. The molecule has 6 nitrogen and oxygen atoms in total. The predicted molar refractivity (Wildman–Crippen MR) is 110 cm³/mol. The molecule has 0 aliphatic carbocycles. The highest BCUT2D eigenvalue weighted by Crippen LogP contribution is 2.33. The molecule has 142 valence electrons. The third-order valence-electron chi connectivity index (χ3n) is 4.80. The number of ether oxygens (including phenoxy) is 1. The van der Waals surface area contributed by atoms with Crippen molar-refractivity contribution >= 4 is 34.0 Å². The summed E-state index contributed by atoms with van der Waals surface area (Å²) in [5.41, 5.74) is 1.57. The van der Waals surface area contributed by atoms with E-state index in [-0.39, 0.29) is 18.4 Å². The van der Waals surface area contributed by atoms with Crippen molar-refractivity contribution in [3.63, 3.8) is 0 Å². The van der Waals surface area contributed by atoms with Crippen LogP contribution in [0.3, 0.4) is 0 Å². The van der Waals surface area contributed by atoms with E-state index in [1.807, 2.05) is 65.6 Å². The molecule has 2 N–H and O–H groups in total. The first-order valence-electron chi connectivity index (χ1n) is 9.15. The van der Waals surface area contributed by atoms with Crippen LogP contribution in [-0.2, 0) is 9.59 Å². The molecule has 0 unspecified atom stereocenters. The van der Waals surface area contributed by atoms with Gasteiger partial charge in [0.25, 0.3) is 5.91 Å². The van der Waals surface area contributed by atoms with Crippen molar-refractivity contribution in [2.24, 2.45) is 0 Å². The molecule has 1 aliphatic heterocycles. The Kier molecular flexibility index (Phi) is 4.85. The van der Waals surface area contributed by atoms with E-state index in [0.29, 0.717) is 12.3 Å². The molecule has 0 bridgehead atoms. The van der Waals surface area contributed by atoms with Gasteiger partial charge in [-0.3, -0.25) is 9.59 Å². The van der Waals surface area contributed by atoms with Crippen molar-refractivity contribution in [1.29, 1.82) is 0 Å². The van der Waals surface area contributed by atoms with Crippen molar-refractivity contribution in [1.82, 2.24) is 5.32 Å². The van der Waals surface area contributed by atoms with Crippen molar-refractivity contribution in [2.75, 3.05) is 30.4 Å². The number of carbonyl (C=O) groups excluding carboxylic acids is 2. The molecule has 3 aromatic rings. The van der Waals surface area contributed by atoms with Gasteiger partial charge in [-0.1, -0.05) is 48.5 Å². The summed E-state index contributed by atoms with van der Waals surface area (Å²) in [6.07, 6.45) is -0.662. The predicted octanol–water partition coefficient (Wildman–Crippen LogP) is 2.79. The summed E-state index contributed by atoms with van der Waals surface area (Å²) >= 11 is 0. The van der Waals surface area contributed by atoms with Crippen LogP contribution in [-0.4, -0.2) is 38.1 Å². The Morgan fingerprint density at radius 3 is 2.64 bits per heavy atom. The fourth-order valence-corrected chi connectivity index (χ4v) is 3.45. The molecule has 2 amide bonds. The maximum Gasteiger partial charge on any atom is 0.262 e. The zero-order valence-electron chi connectivity index (χ0n) is 15.5. The average molecular weight is 375 g/mol. The number of nitrogens with one attached hydrogen (secondary N) is 2. The Bertz CT molecular complexity index is 1030. The molecule has 0 saturated heterocycles. The number of hydrogen-bond donors (Lipinski definition) is 2. The second kappa shape index (κ2) is 7.60. The van der Waals surface area contributed by atoms with Crippen LogP contribution in [0.15, 0.2) is 66.7 Å². The quantitative estimate of drug-likeness (QED) is 0.736. The lowest BCUT2D eigenvalue weighted by Crippen LogP contribution is -2.50. The molecule has 4 rings (SSSR count). The number of para-hydroxylation sites is 2. The summed E-state index contributed by atoms with van der Waals surface area (Å²) in [4.78, 5) is 26.7. The molecule has 0 aromatic heterocycles. The van der Waals surface area contributed by atoms with E-state index in [0.717, 1.165) is 22.1 Å². The highest BCUT2D eigenvalue weighted by atomic mass is 16.5. The number of anilines is 2. The average Bonchev–Trinajstić information content (AvgIpc) is 2.73. The molecule has 1 atom stereocenters. The Morgan fingerprint density at radius 1 is 1.04 bits per heavy atom. The highest BCUT2D eigenvalue weighted by molar-refractivity contribution is 6.03. The highest BCUT2D eigenvalue weighted by Gasteiger charge is 2.31. The molecule has 6 heteroatoms. The van der Waals surface area contributed by atoms with Crippen LogP contribution in [0.25, 0.3) is 10.8 Å². The Labute approximate surface area is 163 Å². The minimum atomic E-state index is -0.662.